The van der Waals surface area contributed by atoms with E-state index in [2.05, 4.69) is 9.88 Å². The van der Waals surface area contributed by atoms with Gasteiger partial charge >= 0.3 is 0 Å². The molecule has 4 nitrogen and oxygen atoms in total. The monoisotopic (exact) mass is 211 g/mol. The van der Waals surface area contributed by atoms with Crippen molar-refractivity contribution in [2.24, 2.45) is 0 Å². The Hall–Kier alpha value is -1.36. The van der Waals surface area contributed by atoms with Crippen LogP contribution in [-0.2, 0) is 4.74 Å². The van der Waals surface area contributed by atoms with Gasteiger partial charge in [0.1, 0.15) is 5.82 Å². The van der Waals surface area contributed by atoms with Crippen molar-refractivity contribution in [3.63, 3.8) is 0 Å². The molecule has 0 unspecified atom stereocenters. The van der Waals surface area contributed by atoms with Crippen LogP contribution < -0.4 is 10.6 Å². The predicted molar refractivity (Wildman–Crippen MR) is 56.2 cm³/mol. The van der Waals surface area contributed by atoms with Crippen molar-refractivity contribution >= 4 is 11.5 Å². The van der Waals surface area contributed by atoms with Crippen molar-refractivity contribution in [1.82, 2.24) is 4.98 Å². The van der Waals surface area contributed by atoms with Crippen molar-refractivity contribution < 1.29 is 9.13 Å². The molecule has 0 aromatic carbocycles. The molecule has 1 aliphatic rings. The predicted octanol–water partition coefficient (Wildman–Crippen LogP) is 1.03. The highest BCUT2D eigenvalue weighted by molar-refractivity contribution is 5.51. The molecule has 5 heteroatoms. The average molecular weight is 211 g/mol. The van der Waals surface area contributed by atoms with E-state index in [0.717, 1.165) is 12.7 Å². The number of ether oxygens (including phenoxy) is 1. The second kappa shape index (κ2) is 4.02. The van der Waals surface area contributed by atoms with Crippen LogP contribution in [0.25, 0.3) is 0 Å². The molecular weight excluding hydrogens is 197 g/mol. The van der Waals surface area contributed by atoms with Crippen molar-refractivity contribution in [2.45, 2.75) is 13.0 Å². The van der Waals surface area contributed by atoms with Crippen LogP contribution in [-0.4, -0.2) is 30.8 Å². The third-order valence-corrected chi connectivity index (χ3v) is 2.53. The van der Waals surface area contributed by atoms with Gasteiger partial charge in [-0.3, -0.25) is 0 Å². The fraction of sp³-hybridized carbons (Fsp3) is 0.500. The van der Waals surface area contributed by atoms with Crippen molar-refractivity contribution in [1.29, 1.82) is 0 Å². The molecule has 1 saturated heterocycles. The SMILES string of the molecule is C[C@@H]1COCCN1c1cc(N)c(F)cn1. The zero-order chi connectivity index (χ0) is 10.8. The molecule has 1 aromatic rings. The van der Waals surface area contributed by atoms with Crippen LogP contribution in [0.15, 0.2) is 12.3 Å². The maximum Gasteiger partial charge on any atom is 0.164 e. The Labute approximate surface area is 87.8 Å². The van der Waals surface area contributed by atoms with E-state index >= 15 is 0 Å². The largest absolute Gasteiger partial charge is 0.396 e. The molecule has 1 fully saturated rings. The van der Waals surface area contributed by atoms with Gasteiger partial charge in [-0.2, -0.15) is 0 Å². The normalized spacial score (nSPS) is 21.7. The summed E-state index contributed by atoms with van der Waals surface area (Å²) >= 11 is 0. The first-order valence-corrected chi connectivity index (χ1v) is 4.94. The van der Waals surface area contributed by atoms with Crippen LogP contribution in [0.2, 0.25) is 0 Å². The summed E-state index contributed by atoms with van der Waals surface area (Å²) in [7, 11) is 0. The minimum absolute atomic E-state index is 0.138. The van der Waals surface area contributed by atoms with Crippen LogP contribution in [0.5, 0.6) is 0 Å². The van der Waals surface area contributed by atoms with E-state index in [1.165, 1.54) is 0 Å². The minimum Gasteiger partial charge on any atom is -0.396 e. The zero-order valence-electron chi connectivity index (χ0n) is 8.61. The van der Waals surface area contributed by atoms with Gasteiger partial charge in [0, 0.05) is 12.6 Å². The Kier molecular flexibility index (Phi) is 2.73. The lowest BCUT2D eigenvalue weighted by atomic mass is 10.2. The minimum atomic E-state index is -0.473. The number of pyridine rings is 1. The summed E-state index contributed by atoms with van der Waals surface area (Å²) in [5.74, 6) is 0.240. The molecule has 1 atom stereocenters. The second-order valence-electron chi connectivity index (χ2n) is 3.68. The van der Waals surface area contributed by atoms with Crippen LogP contribution in [0.3, 0.4) is 0 Å². The molecule has 0 amide bonds. The Bertz CT molecular complexity index is 359. The first kappa shape index (κ1) is 10.2. The molecule has 0 saturated carbocycles. The molecule has 0 aliphatic carbocycles. The van der Waals surface area contributed by atoms with E-state index in [-0.39, 0.29) is 11.7 Å². The molecule has 82 valence electrons. The number of nitrogens with zero attached hydrogens (tertiary/aromatic N) is 2. The summed E-state index contributed by atoms with van der Waals surface area (Å²) in [4.78, 5) is 6.10. The number of anilines is 2. The molecule has 2 heterocycles. The van der Waals surface area contributed by atoms with Crippen LogP contribution >= 0.6 is 0 Å². The molecule has 1 aliphatic heterocycles. The third kappa shape index (κ3) is 2.02. The standard InChI is InChI=1S/C10H14FN3O/c1-7-6-15-3-2-14(7)10-4-9(12)8(11)5-13-10/h4-5,7H,2-3,6H2,1H3,(H2,12,13)/t7-/m1/s1. The van der Waals surface area contributed by atoms with E-state index in [1.807, 2.05) is 6.92 Å². The molecule has 0 bridgehead atoms. The second-order valence-corrected chi connectivity index (χ2v) is 3.68. The lowest BCUT2D eigenvalue weighted by Gasteiger charge is -2.34. The topological polar surface area (TPSA) is 51.4 Å². The van der Waals surface area contributed by atoms with Gasteiger partial charge in [0.25, 0.3) is 0 Å². The summed E-state index contributed by atoms with van der Waals surface area (Å²) < 4.78 is 18.2. The van der Waals surface area contributed by atoms with Gasteiger partial charge in [-0.1, -0.05) is 0 Å². The maximum atomic E-state index is 12.9. The summed E-state index contributed by atoms with van der Waals surface area (Å²) in [5, 5.41) is 0. The average Bonchev–Trinajstić information content (AvgIpc) is 2.23. The highest BCUT2D eigenvalue weighted by Crippen LogP contribution is 2.20. The van der Waals surface area contributed by atoms with Gasteiger partial charge in [0.2, 0.25) is 0 Å². The number of halogens is 1. The maximum absolute atomic E-state index is 12.9. The Balaban J connectivity index is 2.24. The smallest absolute Gasteiger partial charge is 0.164 e. The fourth-order valence-corrected chi connectivity index (χ4v) is 1.67. The molecule has 2 rings (SSSR count). The first-order valence-electron chi connectivity index (χ1n) is 4.94. The zero-order valence-corrected chi connectivity index (χ0v) is 8.61. The molecular formula is C10H14FN3O. The van der Waals surface area contributed by atoms with Crippen LogP contribution in [0.1, 0.15) is 6.92 Å². The Morgan fingerprint density at radius 3 is 3.13 bits per heavy atom. The summed E-state index contributed by atoms with van der Waals surface area (Å²) in [6.07, 6.45) is 1.16. The number of rotatable bonds is 1. The number of aromatic nitrogens is 1. The molecule has 2 N–H and O–H groups in total. The number of hydrogen-bond donors (Lipinski definition) is 1. The molecule has 0 spiro atoms. The van der Waals surface area contributed by atoms with E-state index in [9.17, 15) is 4.39 Å². The van der Waals surface area contributed by atoms with Gasteiger partial charge in [-0.05, 0) is 6.92 Å². The highest BCUT2D eigenvalue weighted by atomic mass is 19.1. The van der Waals surface area contributed by atoms with Crippen molar-refractivity contribution in [3.05, 3.63) is 18.1 Å². The Morgan fingerprint density at radius 2 is 2.47 bits per heavy atom. The van der Waals surface area contributed by atoms with Crippen molar-refractivity contribution in [3.8, 4) is 0 Å². The number of hydrogen-bond acceptors (Lipinski definition) is 4. The number of nitrogens with two attached hydrogens (primary N) is 1. The summed E-state index contributed by atoms with van der Waals surface area (Å²) in [5.41, 5.74) is 5.64. The number of morpholine rings is 1. The van der Waals surface area contributed by atoms with Gasteiger partial charge in [0.05, 0.1) is 31.1 Å². The highest BCUT2D eigenvalue weighted by Gasteiger charge is 2.20. The van der Waals surface area contributed by atoms with E-state index in [1.54, 1.807) is 6.07 Å². The molecule has 1 aromatic heterocycles. The lowest BCUT2D eigenvalue weighted by Crippen LogP contribution is -2.44. The van der Waals surface area contributed by atoms with Gasteiger partial charge in [0.15, 0.2) is 5.82 Å². The molecule has 0 radical (unpaired) electrons. The van der Waals surface area contributed by atoms with Gasteiger partial charge in [-0.25, -0.2) is 9.37 Å². The lowest BCUT2D eigenvalue weighted by molar-refractivity contribution is 0.0985. The third-order valence-electron chi connectivity index (χ3n) is 2.53. The fourth-order valence-electron chi connectivity index (χ4n) is 1.67. The first-order chi connectivity index (χ1) is 7.18. The van der Waals surface area contributed by atoms with E-state index in [4.69, 9.17) is 10.5 Å². The van der Waals surface area contributed by atoms with E-state index in [0.29, 0.717) is 19.0 Å². The van der Waals surface area contributed by atoms with Gasteiger partial charge < -0.3 is 15.4 Å². The van der Waals surface area contributed by atoms with E-state index < -0.39 is 5.82 Å². The Morgan fingerprint density at radius 1 is 1.67 bits per heavy atom. The van der Waals surface area contributed by atoms with Gasteiger partial charge in [-0.15, -0.1) is 0 Å². The van der Waals surface area contributed by atoms with Crippen LogP contribution in [0, 0.1) is 5.82 Å². The number of nitrogen functional groups attached to an aromatic ring is 1. The molecule has 15 heavy (non-hydrogen) atoms. The summed E-state index contributed by atoms with van der Waals surface area (Å²) in [6.45, 7) is 4.14. The summed E-state index contributed by atoms with van der Waals surface area (Å²) in [6, 6.07) is 1.81. The van der Waals surface area contributed by atoms with Crippen LogP contribution in [0.4, 0.5) is 15.9 Å². The quantitative estimate of drug-likeness (QED) is 0.753. The van der Waals surface area contributed by atoms with Crippen molar-refractivity contribution in [2.75, 3.05) is 30.4 Å².